The maximum absolute atomic E-state index is 13.1. The number of pyridine rings is 1. The van der Waals surface area contributed by atoms with Crippen LogP contribution in [-0.2, 0) is 7.05 Å². The van der Waals surface area contributed by atoms with Crippen molar-refractivity contribution in [1.82, 2.24) is 9.55 Å². The second kappa shape index (κ2) is 8.82. The molecule has 0 saturated carbocycles. The van der Waals surface area contributed by atoms with Gasteiger partial charge in [0, 0.05) is 45.4 Å². The molecule has 0 fully saturated rings. The molecular formula is C28H22N4O2S2. The number of benzene rings is 2. The Morgan fingerprint density at radius 3 is 2.69 bits per heavy atom. The number of methoxy groups -OCH3 is 1. The lowest BCUT2D eigenvalue weighted by atomic mass is 10.0. The number of aryl methyl sites for hydroxylation is 1. The number of nitrogens with one attached hydrogen (secondary N) is 1. The molecule has 0 aliphatic rings. The van der Waals surface area contributed by atoms with Crippen molar-refractivity contribution < 1.29 is 9.53 Å². The molecule has 6 rings (SSSR count). The van der Waals surface area contributed by atoms with Crippen molar-refractivity contribution in [3.63, 3.8) is 0 Å². The van der Waals surface area contributed by atoms with E-state index in [1.54, 1.807) is 29.8 Å². The van der Waals surface area contributed by atoms with Gasteiger partial charge in [0.2, 0.25) is 0 Å². The van der Waals surface area contributed by atoms with E-state index in [1.807, 2.05) is 66.3 Å². The van der Waals surface area contributed by atoms with E-state index in [2.05, 4.69) is 32.5 Å². The first kappa shape index (κ1) is 22.3. The second-order valence-corrected chi connectivity index (χ2v) is 10.1. The molecule has 0 bridgehead atoms. The van der Waals surface area contributed by atoms with Crippen LogP contribution in [0.25, 0.3) is 43.2 Å². The Balaban J connectivity index is 1.37. The number of nitrogens with two attached hydrogens (primary N) is 1. The molecular weight excluding hydrogens is 488 g/mol. The fourth-order valence-corrected chi connectivity index (χ4v) is 6.33. The highest BCUT2D eigenvalue weighted by atomic mass is 32.1. The molecule has 3 N–H and O–H groups in total. The highest BCUT2D eigenvalue weighted by Gasteiger charge is 2.19. The third-order valence-corrected chi connectivity index (χ3v) is 8.10. The fourth-order valence-electron chi connectivity index (χ4n) is 4.56. The summed E-state index contributed by atoms with van der Waals surface area (Å²) in [7, 11) is 3.49. The molecule has 6 nitrogen and oxygen atoms in total. The average molecular weight is 511 g/mol. The van der Waals surface area contributed by atoms with Crippen molar-refractivity contribution in [2.75, 3.05) is 18.2 Å². The summed E-state index contributed by atoms with van der Waals surface area (Å²) in [5.74, 6) is 0.862. The number of fused-ring (bicyclic) bond motifs is 2. The summed E-state index contributed by atoms with van der Waals surface area (Å²) in [5.41, 5.74) is 12.7. The maximum atomic E-state index is 13.1. The SMILES string of the molecule is COc1cc(-c2csc3c(-c4ccsc4)cnc(N)c23)ccc1NC(=O)c1cc2ccccc2n1C. The van der Waals surface area contributed by atoms with Crippen molar-refractivity contribution in [2.24, 2.45) is 7.05 Å². The van der Waals surface area contributed by atoms with Crippen molar-refractivity contribution in [3.05, 3.63) is 82.6 Å². The normalized spacial score (nSPS) is 11.3. The van der Waals surface area contributed by atoms with Crippen molar-refractivity contribution in [3.8, 4) is 28.0 Å². The minimum atomic E-state index is -0.199. The Morgan fingerprint density at radius 2 is 1.92 bits per heavy atom. The quantitative estimate of drug-likeness (QED) is 0.261. The van der Waals surface area contributed by atoms with Crippen LogP contribution < -0.4 is 15.8 Å². The van der Waals surface area contributed by atoms with Crippen LogP contribution in [0.2, 0.25) is 0 Å². The van der Waals surface area contributed by atoms with Gasteiger partial charge in [-0.1, -0.05) is 24.3 Å². The van der Waals surface area contributed by atoms with Crippen LogP contribution in [-0.4, -0.2) is 22.6 Å². The van der Waals surface area contributed by atoms with Crippen molar-refractivity contribution in [2.45, 2.75) is 0 Å². The van der Waals surface area contributed by atoms with Gasteiger partial charge in [0.25, 0.3) is 5.91 Å². The van der Waals surface area contributed by atoms with E-state index in [1.165, 1.54) is 0 Å². The lowest BCUT2D eigenvalue weighted by Gasteiger charge is -2.13. The third-order valence-electron chi connectivity index (χ3n) is 6.40. The van der Waals surface area contributed by atoms with Crippen LogP contribution in [0.3, 0.4) is 0 Å². The molecule has 0 unspecified atom stereocenters. The molecule has 8 heteroatoms. The zero-order valence-corrected chi connectivity index (χ0v) is 21.2. The molecule has 6 aromatic rings. The van der Waals surface area contributed by atoms with Gasteiger partial charge in [-0.3, -0.25) is 4.79 Å². The van der Waals surface area contributed by atoms with Crippen LogP contribution in [0.5, 0.6) is 5.75 Å². The monoisotopic (exact) mass is 510 g/mol. The van der Waals surface area contributed by atoms with Gasteiger partial charge in [-0.25, -0.2) is 4.98 Å². The number of anilines is 2. The summed E-state index contributed by atoms with van der Waals surface area (Å²) >= 11 is 3.30. The van der Waals surface area contributed by atoms with Crippen LogP contribution in [0, 0.1) is 0 Å². The Hall–Kier alpha value is -4.14. The van der Waals surface area contributed by atoms with E-state index in [-0.39, 0.29) is 5.91 Å². The number of ether oxygens (including phenoxy) is 1. The van der Waals surface area contributed by atoms with Gasteiger partial charge in [-0.05, 0) is 57.6 Å². The van der Waals surface area contributed by atoms with E-state index in [9.17, 15) is 4.79 Å². The summed E-state index contributed by atoms with van der Waals surface area (Å²) in [5, 5.41) is 11.2. The van der Waals surface area contributed by atoms with Crippen LogP contribution >= 0.6 is 22.7 Å². The second-order valence-electron chi connectivity index (χ2n) is 8.44. The Bertz CT molecular complexity index is 1750. The predicted octanol–water partition coefficient (Wildman–Crippen LogP) is 7.03. The van der Waals surface area contributed by atoms with Gasteiger partial charge in [-0.15, -0.1) is 11.3 Å². The smallest absolute Gasteiger partial charge is 0.272 e. The number of para-hydroxylation sites is 1. The molecule has 0 saturated heterocycles. The van der Waals surface area contributed by atoms with Crippen LogP contribution in [0.15, 0.2) is 76.9 Å². The number of amides is 1. The zero-order chi connectivity index (χ0) is 24.8. The maximum Gasteiger partial charge on any atom is 0.272 e. The Kier molecular flexibility index (Phi) is 5.47. The first-order valence-electron chi connectivity index (χ1n) is 11.3. The zero-order valence-electron chi connectivity index (χ0n) is 19.6. The molecule has 0 atom stereocenters. The third kappa shape index (κ3) is 3.62. The summed E-state index contributed by atoms with van der Waals surface area (Å²) in [4.78, 5) is 17.6. The largest absolute Gasteiger partial charge is 0.495 e. The standard InChI is InChI=1S/C28H22N4O2S2/c1-32-22-6-4-3-5-17(22)11-23(32)28(33)31-21-8-7-16(12-24(21)34-2)20-15-36-26-19(18-9-10-35-14-18)13-30-27(29)25(20)26/h3-15H,1-2H3,(H2,29,30)(H,31,33). The van der Waals surface area contributed by atoms with E-state index < -0.39 is 0 Å². The molecule has 2 aromatic carbocycles. The molecule has 0 aliphatic carbocycles. The number of rotatable bonds is 5. The average Bonchev–Trinajstić information content (AvgIpc) is 3.65. The number of carbonyl (C=O) groups excluding carboxylic acids is 1. The summed E-state index contributed by atoms with van der Waals surface area (Å²) in [6.45, 7) is 0. The first-order chi connectivity index (χ1) is 17.5. The van der Waals surface area contributed by atoms with Gasteiger partial charge >= 0.3 is 0 Å². The van der Waals surface area contributed by atoms with Crippen molar-refractivity contribution in [1.29, 1.82) is 0 Å². The first-order valence-corrected chi connectivity index (χ1v) is 13.1. The fraction of sp³-hybridized carbons (Fsp3) is 0.0714. The van der Waals surface area contributed by atoms with Gasteiger partial charge in [0.05, 0.1) is 12.8 Å². The number of aromatic nitrogens is 2. The molecule has 178 valence electrons. The number of nitrogens with zero attached hydrogens (tertiary/aromatic N) is 2. The summed E-state index contributed by atoms with van der Waals surface area (Å²) in [6, 6.07) is 17.7. The summed E-state index contributed by atoms with van der Waals surface area (Å²) < 4.78 is 8.66. The van der Waals surface area contributed by atoms with Gasteiger partial charge in [-0.2, -0.15) is 11.3 Å². The molecule has 0 aliphatic heterocycles. The minimum Gasteiger partial charge on any atom is -0.495 e. The van der Waals surface area contributed by atoms with Gasteiger partial charge < -0.3 is 20.4 Å². The molecule has 1 amide bonds. The van der Waals surface area contributed by atoms with Gasteiger partial charge in [0.15, 0.2) is 0 Å². The van der Waals surface area contributed by atoms with E-state index in [0.29, 0.717) is 22.9 Å². The Morgan fingerprint density at radius 1 is 1.06 bits per heavy atom. The predicted molar refractivity (Wildman–Crippen MR) is 150 cm³/mol. The molecule has 0 radical (unpaired) electrons. The topological polar surface area (TPSA) is 82.2 Å². The minimum absolute atomic E-state index is 0.199. The lowest BCUT2D eigenvalue weighted by Crippen LogP contribution is -2.16. The molecule has 0 spiro atoms. The number of thiophene rings is 2. The highest BCUT2D eigenvalue weighted by molar-refractivity contribution is 7.18. The van der Waals surface area contributed by atoms with Crippen molar-refractivity contribution >= 4 is 61.1 Å². The Labute approximate surface area is 215 Å². The number of nitrogen functional groups attached to an aromatic ring is 1. The van der Waals surface area contributed by atoms with Gasteiger partial charge in [0.1, 0.15) is 17.3 Å². The van der Waals surface area contributed by atoms with Crippen LogP contribution in [0.4, 0.5) is 11.5 Å². The number of hydrogen-bond donors (Lipinski definition) is 2. The molecule has 4 heterocycles. The number of carbonyl (C=O) groups is 1. The van der Waals surface area contributed by atoms with E-state index in [4.69, 9.17) is 10.5 Å². The highest BCUT2D eigenvalue weighted by Crippen LogP contribution is 2.43. The summed E-state index contributed by atoms with van der Waals surface area (Å²) in [6.07, 6.45) is 1.84. The lowest BCUT2D eigenvalue weighted by molar-refractivity contribution is 0.101. The number of hydrogen-bond acceptors (Lipinski definition) is 6. The molecule has 36 heavy (non-hydrogen) atoms. The molecule has 4 aromatic heterocycles. The van der Waals surface area contributed by atoms with Crippen LogP contribution in [0.1, 0.15) is 10.5 Å². The van der Waals surface area contributed by atoms with E-state index >= 15 is 0 Å². The van der Waals surface area contributed by atoms with E-state index in [0.717, 1.165) is 43.2 Å².